The Bertz CT molecular complexity index is 957. The van der Waals surface area contributed by atoms with Crippen molar-refractivity contribution in [1.29, 1.82) is 0 Å². The first-order chi connectivity index (χ1) is 13.5. The summed E-state index contributed by atoms with van der Waals surface area (Å²) in [6.45, 7) is 7.39. The second-order valence-electron chi connectivity index (χ2n) is 7.32. The van der Waals surface area contributed by atoms with Crippen LogP contribution in [0.25, 0.3) is 16.5 Å². The number of likely N-dealkylation sites (N-methyl/N-ethyl adjacent to an activating group) is 1. The molecule has 28 heavy (non-hydrogen) atoms. The van der Waals surface area contributed by atoms with Gasteiger partial charge in [0, 0.05) is 32.4 Å². The first-order valence-electron chi connectivity index (χ1n) is 9.47. The zero-order valence-electron chi connectivity index (χ0n) is 16.4. The minimum absolute atomic E-state index is 0.0393. The molecule has 0 N–H and O–H groups in total. The van der Waals surface area contributed by atoms with E-state index >= 15 is 0 Å². The van der Waals surface area contributed by atoms with E-state index in [1.54, 1.807) is 28.4 Å². The Kier molecular flexibility index (Phi) is 5.23. The summed E-state index contributed by atoms with van der Waals surface area (Å²) in [7, 11) is 2.08. The summed E-state index contributed by atoms with van der Waals surface area (Å²) in [5, 5.41) is 6.52. The molecule has 1 saturated heterocycles. The van der Waals surface area contributed by atoms with Crippen LogP contribution in [0, 0.1) is 0 Å². The smallest absolute Gasteiger partial charge is 0.257 e. The molecule has 0 atom stereocenters. The molecule has 4 heterocycles. The number of piperazine rings is 1. The average molecular weight is 397 g/mol. The summed E-state index contributed by atoms with van der Waals surface area (Å²) in [4.78, 5) is 27.5. The molecular formula is C20H24N6OS. The normalized spacial score (nSPS) is 15.4. The van der Waals surface area contributed by atoms with Gasteiger partial charge in [0.2, 0.25) is 0 Å². The molecule has 1 fully saturated rings. The molecule has 146 valence electrons. The molecule has 1 aliphatic rings. The van der Waals surface area contributed by atoms with Gasteiger partial charge in [-0.15, -0.1) is 11.3 Å². The third-order valence-electron chi connectivity index (χ3n) is 4.98. The lowest BCUT2D eigenvalue weighted by Crippen LogP contribution is -2.47. The number of rotatable bonds is 4. The topological polar surface area (TPSA) is 67.2 Å². The Morgan fingerprint density at radius 2 is 1.96 bits per heavy atom. The Morgan fingerprint density at radius 3 is 2.64 bits per heavy atom. The highest BCUT2D eigenvalue weighted by molar-refractivity contribution is 7.13. The highest BCUT2D eigenvalue weighted by Gasteiger charge is 2.27. The minimum Gasteiger partial charge on any atom is -0.336 e. The van der Waals surface area contributed by atoms with Crippen molar-refractivity contribution in [1.82, 2.24) is 29.5 Å². The second kappa shape index (κ2) is 7.81. The Labute approximate surface area is 168 Å². The molecule has 1 amide bonds. The molecule has 0 unspecified atom stereocenters. The van der Waals surface area contributed by atoms with Crippen LogP contribution in [0.5, 0.6) is 0 Å². The van der Waals surface area contributed by atoms with E-state index in [9.17, 15) is 4.79 Å². The maximum Gasteiger partial charge on any atom is 0.257 e. The largest absolute Gasteiger partial charge is 0.336 e. The SMILES string of the molecule is CC(C)c1c(C(=O)N2CCN(C)CC2)cnn1-c1nccc(-c2cccs2)n1. The Morgan fingerprint density at radius 1 is 1.18 bits per heavy atom. The van der Waals surface area contributed by atoms with Crippen LogP contribution in [0.3, 0.4) is 0 Å². The first-order valence-corrected chi connectivity index (χ1v) is 10.4. The molecule has 0 saturated carbocycles. The highest BCUT2D eigenvalue weighted by atomic mass is 32.1. The van der Waals surface area contributed by atoms with Crippen molar-refractivity contribution in [2.75, 3.05) is 33.2 Å². The van der Waals surface area contributed by atoms with Gasteiger partial charge in [0.05, 0.1) is 28.0 Å². The third-order valence-corrected chi connectivity index (χ3v) is 5.87. The average Bonchev–Trinajstić information content (AvgIpc) is 3.38. The zero-order valence-corrected chi connectivity index (χ0v) is 17.2. The van der Waals surface area contributed by atoms with Crippen molar-refractivity contribution in [3.05, 3.63) is 47.2 Å². The summed E-state index contributed by atoms with van der Waals surface area (Å²) >= 11 is 1.63. The van der Waals surface area contributed by atoms with Crippen LogP contribution in [0.2, 0.25) is 0 Å². The van der Waals surface area contributed by atoms with Crippen molar-refractivity contribution >= 4 is 17.2 Å². The molecule has 0 radical (unpaired) electrons. The second-order valence-corrected chi connectivity index (χ2v) is 8.27. The lowest BCUT2D eigenvalue weighted by molar-refractivity contribution is 0.0662. The van der Waals surface area contributed by atoms with Crippen LogP contribution >= 0.6 is 11.3 Å². The van der Waals surface area contributed by atoms with Crippen LogP contribution < -0.4 is 0 Å². The van der Waals surface area contributed by atoms with E-state index < -0.39 is 0 Å². The minimum atomic E-state index is 0.0393. The maximum atomic E-state index is 13.1. The molecule has 3 aromatic rings. The molecule has 0 bridgehead atoms. The Balaban J connectivity index is 1.70. The number of thiophene rings is 1. The fourth-order valence-electron chi connectivity index (χ4n) is 3.43. The molecule has 3 aromatic heterocycles. The maximum absolute atomic E-state index is 13.1. The van der Waals surface area contributed by atoms with Crippen LogP contribution in [0.1, 0.15) is 35.8 Å². The van der Waals surface area contributed by atoms with Crippen LogP contribution in [0.15, 0.2) is 36.0 Å². The summed E-state index contributed by atoms with van der Waals surface area (Å²) in [6, 6.07) is 5.93. The van der Waals surface area contributed by atoms with Gasteiger partial charge in [-0.25, -0.2) is 14.6 Å². The molecule has 7 nitrogen and oxygen atoms in total. The standard InChI is InChI=1S/C20H24N6OS/c1-14(2)18-15(19(27)25-10-8-24(3)9-11-25)13-22-26(18)20-21-7-6-16(23-20)17-5-4-12-28-17/h4-7,12-14H,8-11H2,1-3H3. The highest BCUT2D eigenvalue weighted by Crippen LogP contribution is 2.26. The zero-order chi connectivity index (χ0) is 19.7. The molecule has 1 aliphatic heterocycles. The van der Waals surface area contributed by atoms with Gasteiger partial charge in [-0.2, -0.15) is 5.10 Å². The molecule has 8 heteroatoms. The molecule has 4 rings (SSSR count). The van der Waals surface area contributed by atoms with Crippen LogP contribution in [0.4, 0.5) is 0 Å². The van der Waals surface area contributed by atoms with Gasteiger partial charge >= 0.3 is 0 Å². The van der Waals surface area contributed by atoms with Crippen LogP contribution in [-0.2, 0) is 0 Å². The van der Waals surface area contributed by atoms with Crippen molar-refractivity contribution in [2.45, 2.75) is 19.8 Å². The van der Waals surface area contributed by atoms with Gasteiger partial charge in [0.1, 0.15) is 0 Å². The van der Waals surface area contributed by atoms with Gasteiger partial charge in [-0.3, -0.25) is 4.79 Å². The summed E-state index contributed by atoms with van der Waals surface area (Å²) < 4.78 is 1.71. The van der Waals surface area contributed by atoms with E-state index in [1.807, 2.05) is 28.5 Å². The molecule has 0 aromatic carbocycles. The third kappa shape index (κ3) is 3.57. The predicted octanol–water partition coefficient (Wildman–Crippen LogP) is 2.90. The van der Waals surface area contributed by atoms with Crippen molar-refractivity contribution in [2.24, 2.45) is 0 Å². The number of carbonyl (C=O) groups is 1. The summed E-state index contributed by atoms with van der Waals surface area (Å²) in [5.41, 5.74) is 2.36. The van der Waals surface area contributed by atoms with E-state index in [0.717, 1.165) is 42.4 Å². The lowest BCUT2D eigenvalue weighted by atomic mass is 10.0. The van der Waals surface area contributed by atoms with Gasteiger partial charge < -0.3 is 9.80 Å². The lowest BCUT2D eigenvalue weighted by Gasteiger charge is -2.32. The number of aromatic nitrogens is 4. The van der Waals surface area contributed by atoms with Gasteiger partial charge in [0.15, 0.2) is 0 Å². The number of hydrogen-bond donors (Lipinski definition) is 0. The first kappa shape index (κ1) is 18.8. The quantitative estimate of drug-likeness (QED) is 0.678. The van der Waals surface area contributed by atoms with Gasteiger partial charge in [-0.1, -0.05) is 19.9 Å². The molecule has 0 aliphatic carbocycles. The fraction of sp³-hybridized carbons (Fsp3) is 0.400. The number of hydrogen-bond acceptors (Lipinski definition) is 6. The van der Waals surface area contributed by atoms with Crippen molar-refractivity contribution < 1.29 is 4.79 Å². The van der Waals surface area contributed by atoms with Gasteiger partial charge in [-0.05, 0) is 30.5 Å². The fourth-order valence-corrected chi connectivity index (χ4v) is 4.12. The summed E-state index contributed by atoms with van der Waals surface area (Å²) in [5.74, 6) is 0.646. The monoisotopic (exact) mass is 396 g/mol. The van der Waals surface area contributed by atoms with E-state index in [4.69, 9.17) is 4.98 Å². The number of carbonyl (C=O) groups excluding carboxylic acids is 1. The van der Waals surface area contributed by atoms with Crippen LogP contribution in [-0.4, -0.2) is 68.7 Å². The van der Waals surface area contributed by atoms with E-state index in [1.165, 1.54) is 0 Å². The number of nitrogens with zero attached hydrogens (tertiary/aromatic N) is 6. The van der Waals surface area contributed by atoms with E-state index in [0.29, 0.717) is 11.5 Å². The Hall–Kier alpha value is -2.58. The predicted molar refractivity (Wildman–Crippen MR) is 110 cm³/mol. The molecular weight excluding hydrogens is 372 g/mol. The van der Waals surface area contributed by atoms with Gasteiger partial charge in [0.25, 0.3) is 11.9 Å². The van der Waals surface area contributed by atoms with E-state index in [2.05, 4.69) is 35.9 Å². The van der Waals surface area contributed by atoms with E-state index in [-0.39, 0.29) is 11.8 Å². The summed E-state index contributed by atoms with van der Waals surface area (Å²) in [6.07, 6.45) is 3.41. The van der Waals surface area contributed by atoms with Crippen molar-refractivity contribution in [3.8, 4) is 16.5 Å². The molecule has 0 spiro atoms. The number of amides is 1. The van der Waals surface area contributed by atoms with Crippen molar-refractivity contribution in [3.63, 3.8) is 0 Å².